The first-order chi connectivity index (χ1) is 6.20. The molecule has 0 saturated carbocycles. The molecule has 0 unspecified atom stereocenters. The van der Waals surface area contributed by atoms with E-state index in [1.165, 1.54) is 0 Å². The first-order valence-corrected chi connectivity index (χ1v) is 4.74. The quantitative estimate of drug-likeness (QED) is 0.680. The molecule has 0 radical (unpaired) electrons. The molecular weight excluding hydrogens is 255 g/mol. The largest absolute Gasteiger partial charge is 0.422 e. The highest BCUT2D eigenvalue weighted by atomic mass is 79.9. The molecule has 4 heteroatoms. The van der Waals surface area contributed by atoms with E-state index in [0.29, 0.717) is 10.6 Å². The van der Waals surface area contributed by atoms with Crippen LogP contribution in [0.4, 0.5) is 0 Å². The molecular formula is C9H4BrClO2. The normalized spacial score (nSPS) is 10.6. The highest BCUT2D eigenvalue weighted by Crippen LogP contribution is 2.27. The van der Waals surface area contributed by atoms with Crippen molar-refractivity contribution in [1.82, 2.24) is 0 Å². The molecule has 0 fully saturated rings. The summed E-state index contributed by atoms with van der Waals surface area (Å²) >= 11 is 8.99. The van der Waals surface area contributed by atoms with Gasteiger partial charge < -0.3 is 4.42 Å². The lowest BCUT2D eigenvalue weighted by atomic mass is 10.2. The number of hydrogen-bond donors (Lipinski definition) is 0. The van der Waals surface area contributed by atoms with Crippen LogP contribution in [0.2, 0.25) is 5.02 Å². The van der Waals surface area contributed by atoms with E-state index in [-0.39, 0.29) is 4.47 Å². The molecule has 0 saturated heterocycles. The Hall–Kier alpha value is -0.800. The summed E-state index contributed by atoms with van der Waals surface area (Å²) in [6.45, 7) is 0. The van der Waals surface area contributed by atoms with E-state index in [1.807, 2.05) is 6.07 Å². The van der Waals surface area contributed by atoms with Crippen LogP contribution in [0.15, 0.2) is 37.9 Å². The zero-order valence-electron chi connectivity index (χ0n) is 6.38. The van der Waals surface area contributed by atoms with Gasteiger partial charge in [0.15, 0.2) is 0 Å². The standard InChI is InChI=1S/C9H4BrClO2/c10-7-8(11)5-3-1-2-4-6(5)13-9(7)12/h1-4H. The fraction of sp³-hybridized carbons (Fsp3) is 0. The van der Waals surface area contributed by atoms with Crippen molar-refractivity contribution in [3.63, 3.8) is 0 Å². The second-order valence-electron chi connectivity index (χ2n) is 2.51. The molecule has 2 nitrogen and oxygen atoms in total. The third-order valence-corrected chi connectivity index (χ3v) is 3.04. The van der Waals surface area contributed by atoms with E-state index >= 15 is 0 Å². The Morgan fingerprint density at radius 1 is 1.31 bits per heavy atom. The minimum Gasteiger partial charge on any atom is -0.422 e. The molecule has 2 rings (SSSR count). The maximum atomic E-state index is 11.2. The van der Waals surface area contributed by atoms with Gasteiger partial charge in [-0.05, 0) is 28.1 Å². The van der Waals surface area contributed by atoms with Gasteiger partial charge in [0.05, 0.1) is 5.02 Å². The van der Waals surface area contributed by atoms with Crippen molar-refractivity contribution in [3.8, 4) is 0 Å². The summed E-state index contributed by atoms with van der Waals surface area (Å²) in [4.78, 5) is 11.2. The monoisotopic (exact) mass is 258 g/mol. The third-order valence-electron chi connectivity index (χ3n) is 1.70. The van der Waals surface area contributed by atoms with Gasteiger partial charge in [0.2, 0.25) is 0 Å². The topological polar surface area (TPSA) is 30.2 Å². The van der Waals surface area contributed by atoms with Crippen molar-refractivity contribution < 1.29 is 4.42 Å². The molecule has 0 amide bonds. The lowest BCUT2D eigenvalue weighted by Gasteiger charge is -1.99. The lowest BCUT2D eigenvalue weighted by Crippen LogP contribution is -1.99. The van der Waals surface area contributed by atoms with Crippen LogP contribution in [0.25, 0.3) is 11.0 Å². The van der Waals surface area contributed by atoms with E-state index in [4.69, 9.17) is 16.0 Å². The molecule has 0 atom stereocenters. The Labute approximate surface area is 87.3 Å². The van der Waals surface area contributed by atoms with Crippen LogP contribution < -0.4 is 5.63 Å². The molecule has 66 valence electrons. The number of fused-ring (bicyclic) bond motifs is 1. The minimum absolute atomic E-state index is 0.271. The van der Waals surface area contributed by atoms with Crippen LogP contribution in [-0.4, -0.2) is 0 Å². The number of para-hydroxylation sites is 1. The highest BCUT2D eigenvalue weighted by Gasteiger charge is 2.08. The van der Waals surface area contributed by atoms with Crippen LogP contribution in [0.5, 0.6) is 0 Å². The smallest absolute Gasteiger partial charge is 0.352 e. The van der Waals surface area contributed by atoms with Crippen molar-refractivity contribution in [2.45, 2.75) is 0 Å². The maximum Gasteiger partial charge on any atom is 0.352 e. The number of rotatable bonds is 0. The summed E-state index contributed by atoms with van der Waals surface area (Å²) in [6, 6.07) is 7.12. The highest BCUT2D eigenvalue weighted by molar-refractivity contribution is 9.10. The molecule has 0 spiro atoms. The SMILES string of the molecule is O=c1oc2ccccc2c(Cl)c1Br. The third kappa shape index (κ3) is 1.38. The van der Waals surface area contributed by atoms with Crippen molar-refractivity contribution in [2.24, 2.45) is 0 Å². The zero-order chi connectivity index (χ0) is 9.42. The fourth-order valence-electron chi connectivity index (χ4n) is 1.09. The molecule has 0 aliphatic carbocycles. The van der Waals surface area contributed by atoms with Gasteiger partial charge in [-0.2, -0.15) is 0 Å². The van der Waals surface area contributed by atoms with Crippen molar-refractivity contribution in [3.05, 3.63) is 44.2 Å². The van der Waals surface area contributed by atoms with Gasteiger partial charge in [-0.3, -0.25) is 0 Å². The molecule has 0 N–H and O–H groups in total. The lowest BCUT2D eigenvalue weighted by molar-refractivity contribution is 0.556. The number of halogens is 2. The Morgan fingerprint density at radius 3 is 2.77 bits per heavy atom. The first-order valence-electron chi connectivity index (χ1n) is 3.57. The molecule has 0 aliphatic heterocycles. The summed E-state index contributed by atoms with van der Waals surface area (Å²) < 4.78 is 5.26. The van der Waals surface area contributed by atoms with Crippen LogP contribution in [0.1, 0.15) is 0 Å². The van der Waals surface area contributed by atoms with Crippen LogP contribution >= 0.6 is 27.5 Å². The summed E-state index contributed by atoms with van der Waals surface area (Å²) in [6.07, 6.45) is 0. The molecule has 0 bridgehead atoms. The van der Waals surface area contributed by atoms with Crippen molar-refractivity contribution in [2.75, 3.05) is 0 Å². The van der Waals surface area contributed by atoms with Crippen LogP contribution in [-0.2, 0) is 0 Å². The maximum absolute atomic E-state index is 11.2. The second-order valence-corrected chi connectivity index (χ2v) is 3.68. The molecule has 1 aromatic carbocycles. The Kier molecular flexibility index (Phi) is 2.14. The summed E-state index contributed by atoms with van der Waals surface area (Å²) in [7, 11) is 0. The molecule has 1 heterocycles. The Morgan fingerprint density at radius 2 is 2.00 bits per heavy atom. The van der Waals surface area contributed by atoms with E-state index in [1.54, 1.807) is 18.2 Å². The van der Waals surface area contributed by atoms with Crippen molar-refractivity contribution >= 4 is 38.5 Å². The van der Waals surface area contributed by atoms with E-state index in [0.717, 1.165) is 5.39 Å². The molecule has 1 aromatic heterocycles. The zero-order valence-corrected chi connectivity index (χ0v) is 8.72. The van der Waals surface area contributed by atoms with Crippen LogP contribution in [0.3, 0.4) is 0 Å². The van der Waals surface area contributed by atoms with Gasteiger partial charge in [0.1, 0.15) is 10.1 Å². The van der Waals surface area contributed by atoms with Crippen LogP contribution in [0, 0.1) is 0 Å². The number of benzene rings is 1. The second kappa shape index (κ2) is 3.16. The van der Waals surface area contributed by atoms with E-state index in [9.17, 15) is 4.79 Å². The van der Waals surface area contributed by atoms with Gasteiger partial charge in [-0.15, -0.1) is 0 Å². The Bertz CT molecular complexity index is 518. The van der Waals surface area contributed by atoms with E-state index in [2.05, 4.69) is 15.9 Å². The molecule has 2 aromatic rings. The number of hydrogen-bond acceptors (Lipinski definition) is 2. The van der Waals surface area contributed by atoms with Gasteiger partial charge in [-0.25, -0.2) is 4.79 Å². The predicted octanol–water partition coefficient (Wildman–Crippen LogP) is 3.21. The average Bonchev–Trinajstić information content (AvgIpc) is 2.15. The molecule has 0 aliphatic rings. The fourth-order valence-corrected chi connectivity index (χ4v) is 1.62. The van der Waals surface area contributed by atoms with Gasteiger partial charge in [0, 0.05) is 5.39 Å². The Balaban J connectivity index is 3.02. The van der Waals surface area contributed by atoms with Gasteiger partial charge >= 0.3 is 5.63 Å². The van der Waals surface area contributed by atoms with Crippen molar-refractivity contribution in [1.29, 1.82) is 0 Å². The minimum atomic E-state index is -0.455. The first kappa shape index (κ1) is 8.78. The average molecular weight is 259 g/mol. The summed E-state index contributed by atoms with van der Waals surface area (Å²) in [5.74, 6) is 0. The predicted molar refractivity (Wildman–Crippen MR) is 55.2 cm³/mol. The van der Waals surface area contributed by atoms with Gasteiger partial charge in [-0.1, -0.05) is 23.7 Å². The summed E-state index contributed by atoms with van der Waals surface area (Å²) in [5.41, 5.74) is 0.0457. The summed E-state index contributed by atoms with van der Waals surface area (Å²) in [5, 5.41) is 1.13. The van der Waals surface area contributed by atoms with Gasteiger partial charge in [0.25, 0.3) is 0 Å². The molecule has 13 heavy (non-hydrogen) atoms. The van der Waals surface area contributed by atoms with E-state index < -0.39 is 5.63 Å².